The van der Waals surface area contributed by atoms with Gasteiger partial charge in [0, 0.05) is 13.0 Å². The van der Waals surface area contributed by atoms with E-state index >= 15 is 0 Å². The molecular weight excluding hydrogens is 200 g/mol. The van der Waals surface area contributed by atoms with Crippen molar-refractivity contribution in [2.75, 3.05) is 14.1 Å². The van der Waals surface area contributed by atoms with Crippen molar-refractivity contribution in [1.82, 2.24) is 20.3 Å². The summed E-state index contributed by atoms with van der Waals surface area (Å²) in [6, 6.07) is 10.3. The lowest BCUT2D eigenvalue weighted by atomic mass is 10.1. The van der Waals surface area contributed by atoms with Gasteiger partial charge in [0.15, 0.2) is 0 Å². The number of hydrogen-bond acceptors (Lipinski definition) is 3. The third kappa shape index (κ3) is 2.67. The maximum atomic E-state index is 4.20. The van der Waals surface area contributed by atoms with Gasteiger partial charge in [-0.1, -0.05) is 30.3 Å². The Bertz CT molecular complexity index is 433. The van der Waals surface area contributed by atoms with Crippen molar-refractivity contribution in [1.29, 1.82) is 0 Å². The fourth-order valence-corrected chi connectivity index (χ4v) is 1.63. The molecule has 0 radical (unpaired) electrons. The minimum atomic E-state index is 0.818. The second kappa shape index (κ2) is 4.90. The highest BCUT2D eigenvalue weighted by Gasteiger charge is 2.08. The van der Waals surface area contributed by atoms with Gasteiger partial charge in [-0.2, -0.15) is 15.4 Å². The molecule has 0 bridgehead atoms. The number of nitrogens with zero attached hydrogens (tertiary/aromatic N) is 3. The molecule has 1 N–H and O–H groups in total. The molecule has 2 aromatic rings. The molecule has 2 rings (SSSR count). The highest BCUT2D eigenvalue weighted by Crippen LogP contribution is 2.10. The van der Waals surface area contributed by atoms with Crippen molar-refractivity contribution in [3.8, 4) is 0 Å². The molecule has 0 aliphatic rings. The van der Waals surface area contributed by atoms with Crippen LogP contribution in [-0.4, -0.2) is 34.4 Å². The van der Waals surface area contributed by atoms with Crippen LogP contribution in [-0.2, 0) is 13.0 Å². The van der Waals surface area contributed by atoms with Crippen molar-refractivity contribution in [3.05, 3.63) is 47.3 Å². The van der Waals surface area contributed by atoms with Gasteiger partial charge in [-0.25, -0.2) is 0 Å². The number of rotatable bonds is 4. The first-order chi connectivity index (χ1) is 7.75. The Morgan fingerprint density at radius 2 is 1.75 bits per heavy atom. The van der Waals surface area contributed by atoms with E-state index in [1.165, 1.54) is 5.56 Å². The molecule has 1 aromatic carbocycles. The average Bonchev–Trinajstić information content (AvgIpc) is 2.66. The van der Waals surface area contributed by atoms with Gasteiger partial charge in [-0.15, -0.1) is 0 Å². The SMILES string of the molecule is CN(C)Cc1n[nH]nc1Cc1ccccc1. The predicted molar refractivity (Wildman–Crippen MR) is 63.0 cm³/mol. The van der Waals surface area contributed by atoms with E-state index in [4.69, 9.17) is 0 Å². The number of nitrogens with one attached hydrogen (secondary N) is 1. The van der Waals surface area contributed by atoms with E-state index in [-0.39, 0.29) is 0 Å². The van der Waals surface area contributed by atoms with Crippen LogP contribution in [0.3, 0.4) is 0 Å². The van der Waals surface area contributed by atoms with Gasteiger partial charge in [-0.05, 0) is 19.7 Å². The van der Waals surface area contributed by atoms with E-state index in [2.05, 4.69) is 32.4 Å². The molecule has 84 valence electrons. The van der Waals surface area contributed by atoms with Gasteiger partial charge >= 0.3 is 0 Å². The van der Waals surface area contributed by atoms with Gasteiger partial charge in [-0.3, -0.25) is 0 Å². The van der Waals surface area contributed by atoms with Crippen molar-refractivity contribution < 1.29 is 0 Å². The van der Waals surface area contributed by atoms with Gasteiger partial charge in [0.25, 0.3) is 0 Å². The summed E-state index contributed by atoms with van der Waals surface area (Å²) in [6.45, 7) is 0.818. The lowest BCUT2D eigenvalue weighted by molar-refractivity contribution is 0.395. The van der Waals surface area contributed by atoms with Crippen molar-refractivity contribution in [2.45, 2.75) is 13.0 Å². The lowest BCUT2D eigenvalue weighted by Crippen LogP contribution is -2.12. The molecule has 0 spiro atoms. The predicted octanol–water partition coefficient (Wildman–Crippen LogP) is 1.46. The molecule has 0 unspecified atom stereocenters. The molecule has 4 heteroatoms. The monoisotopic (exact) mass is 216 g/mol. The Hall–Kier alpha value is -1.68. The molecule has 1 heterocycles. The van der Waals surface area contributed by atoms with E-state index in [1.54, 1.807) is 0 Å². The Morgan fingerprint density at radius 3 is 2.44 bits per heavy atom. The summed E-state index contributed by atoms with van der Waals surface area (Å²) in [5.41, 5.74) is 3.31. The highest BCUT2D eigenvalue weighted by atomic mass is 15.3. The fraction of sp³-hybridized carbons (Fsp3) is 0.333. The summed E-state index contributed by atoms with van der Waals surface area (Å²) in [5, 5.41) is 11.1. The zero-order valence-corrected chi connectivity index (χ0v) is 9.64. The molecule has 0 saturated carbocycles. The molecule has 0 saturated heterocycles. The van der Waals surface area contributed by atoms with Crippen LogP contribution in [0, 0.1) is 0 Å². The van der Waals surface area contributed by atoms with Crippen LogP contribution >= 0.6 is 0 Å². The van der Waals surface area contributed by atoms with Crippen LogP contribution in [0.15, 0.2) is 30.3 Å². The standard InChI is InChI=1S/C12H16N4/c1-16(2)9-12-11(13-15-14-12)8-10-6-4-3-5-7-10/h3-7H,8-9H2,1-2H3,(H,13,14,15). The number of benzene rings is 1. The van der Waals surface area contributed by atoms with Gasteiger partial charge in [0.05, 0.1) is 11.4 Å². The molecule has 0 aliphatic heterocycles. The Labute approximate surface area is 95.3 Å². The van der Waals surface area contributed by atoms with Crippen LogP contribution in [0.4, 0.5) is 0 Å². The molecule has 1 aromatic heterocycles. The van der Waals surface area contributed by atoms with Gasteiger partial charge in [0.2, 0.25) is 0 Å². The van der Waals surface area contributed by atoms with Crippen LogP contribution in [0.5, 0.6) is 0 Å². The number of hydrogen-bond donors (Lipinski definition) is 1. The summed E-state index contributed by atoms with van der Waals surface area (Å²) < 4.78 is 0. The average molecular weight is 216 g/mol. The summed E-state index contributed by atoms with van der Waals surface area (Å²) in [7, 11) is 4.06. The molecule has 0 atom stereocenters. The third-order valence-corrected chi connectivity index (χ3v) is 2.38. The molecular formula is C12H16N4. The summed E-state index contributed by atoms with van der Waals surface area (Å²) in [5.74, 6) is 0. The first-order valence-corrected chi connectivity index (χ1v) is 5.33. The minimum Gasteiger partial charge on any atom is -0.303 e. The molecule has 16 heavy (non-hydrogen) atoms. The van der Waals surface area contributed by atoms with Gasteiger partial charge < -0.3 is 4.90 Å². The lowest BCUT2D eigenvalue weighted by Gasteiger charge is -2.07. The largest absolute Gasteiger partial charge is 0.303 e. The second-order valence-electron chi connectivity index (χ2n) is 4.12. The normalized spacial score (nSPS) is 10.9. The molecule has 4 nitrogen and oxygen atoms in total. The first-order valence-electron chi connectivity index (χ1n) is 5.33. The van der Waals surface area contributed by atoms with E-state index in [9.17, 15) is 0 Å². The topological polar surface area (TPSA) is 44.8 Å². The van der Waals surface area contributed by atoms with E-state index in [0.29, 0.717) is 0 Å². The molecule has 0 aliphatic carbocycles. The number of aromatic amines is 1. The minimum absolute atomic E-state index is 0.818. The van der Waals surface area contributed by atoms with E-state index in [1.807, 2.05) is 32.3 Å². The Morgan fingerprint density at radius 1 is 1.06 bits per heavy atom. The zero-order valence-electron chi connectivity index (χ0n) is 9.64. The van der Waals surface area contributed by atoms with Crippen LogP contribution in [0.1, 0.15) is 17.0 Å². The van der Waals surface area contributed by atoms with E-state index in [0.717, 1.165) is 24.4 Å². The highest BCUT2D eigenvalue weighted by molar-refractivity contribution is 5.23. The summed E-state index contributed by atoms with van der Waals surface area (Å²) in [4.78, 5) is 2.09. The molecule has 0 amide bonds. The van der Waals surface area contributed by atoms with Crippen molar-refractivity contribution in [2.24, 2.45) is 0 Å². The smallest absolute Gasteiger partial charge is 0.0999 e. The first kappa shape index (κ1) is 10.8. The van der Waals surface area contributed by atoms with Crippen molar-refractivity contribution in [3.63, 3.8) is 0 Å². The zero-order chi connectivity index (χ0) is 11.4. The van der Waals surface area contributed by atoms with Crippen LogP contribution < -0.4 is 0 Å². The van der Waals surface area contributed by atoms with E-state index < -0.39 is 0 Å². The summed E-state index contributed by atoms with van der Waals surface area (Å²) >= 11 is 0. The Kier molecular flexibility index (Phi) is 3.31. The quantitative estimate of drug-likeness (QED) is 0.841. The number of H-pyrrole nitrogens is 1. The van der Waals surface area contributed by atoms with Crippen LogP contribution in [0.2, 0.25) is 0 Å². The summed E-state index contributed by atoms with van der Waals surface area (Å²) in [6.07, 6.45) is 0.834. The maximum absolute atomic E-state index is 4.20. The third-order valence-electron chi connectivity index (χ3n) is 2.38. The molecule has 0 fully saturated rings. The van der Waals surface area contributed by atoms with Crippen molar-refractivity contribution >= 4 is 0 Å². The maximum Gasteiger partial charge on any atom is 0.0999 e. The Balaban J connectivity index is 2.13. The van der Waals surface area contributed by atoms with Crippen LogP contribution in [0.25, 0.3) is 0 Å². The second-order valence-corrected chi connectivity index (χ2v) is 4.12. The number of aromatic nitrogens is 3. The van der Waals surface area contributed by atoms with Gasteiger partial charge in [0.1, 0.15) is 0 Å². The fourth-order valence-electron chi connectivity index (χ4n) is 1.63.